The molecule has 1 unspecified atom stereocenters. The van der Waals surface area contributed by atoms with Crippen molar-refractivity contribution in [1.82, 2.24) is 4.90 Å². The molecule has 19 heavy (non-hydrogen) atoms. The van der Waals surface area contributed by atoms with Gasteiger partial charge < -0.3 is 0 Å². The van der Waals surface area contributed by atoms with E-state index < -0.39 is 21.5 Å². The molecule has 0 heterocycles. The van der Waals surface area contributed by atoms with Crippen LogP contribution in [0.2, 0.25) is 0 Å². The quantitative estimate of drug-likeness (QED) is 0.806. The van der Waals surface area contributed by atoms with Gasteiger partial charge in [0.1, 0.15) is 9.84 Å². The van der Waals surface area contributed by atoms with Crippen LogP contribution < -0.4 is 0 Å². The van der Waals surface area contributed by atoms with Gasteiger partial charge >= 0.3 is 0 Å². The molecule has 1 aromatic carbocycles. The van der Waals surface area contributed by atoms with Gasteiger partial charge in [0, 0.05) is 24.4 Å². The summed E-state index contributed by atoms with van der Waals surface area (Å²) in [5.41, 5.74) is 0.238. The van der Waals surface area contributed by atoms with Crippen molar-refractivity contribution in [2.45, 2.75) is 26.4 Å². The van der Waals surface area contributed by atoms with E-state index in [1.165, 1.54) is 18.4 Å². The Kier molecular flexibility index (Phi) is 5.43. The molecule has 1 rings (SSSR count). The van der Waals surface area contributed by atoms with E-state index in [0.717, 1.165) is 6.07 Å². The minimum atomic E-state index is -3.10. The van der Waals surface area contributed by atoms with Gasteiger partial charge in [0.2, 0.25) is 0 Å². The van der Waals surface area contributed by atoms with Gasteiger partial charge in [-0.3, -0.25) is 4.90 Å². The maximum Gasteiger partial charge on any atom is 0.163 e. The first-order chi connectivity index (χ1) is 8.74. The van der Waals surface area contributed by atoms with Crippen LogP contribution in [0.1, 0.15) is 19.4 Å². The Morgan fingerprint density at radius 3 is 2.47 bits per heavy atom. The lowest BCUT2D eigenvalue weighted by molar-refractivity contribution is 0.222. The lowest BCUT2D eigenvalue weighted by Gasteiger charge is -2.27. The van der Waals surface area contributed by atoms with Gasteiger partial charge in [-0.2, -0.15) is 0 Å². The fraction of sp³-hybridized carbons (Fsp3) is 0.538. The summed E-state index contributed by atoms with van der Waals surface area (Å²) in [5.74, 6) is -1.76. The maximum absolute atomic E-state index is 13.6. The SMILES string of the molecule is CCN(Cc1cccc(F)c1F)C(C)CS(C)(=O)=O. The molecule has 0 spiro atoms. The van der Waals surface area contributed by atoms with E-state index in [-0.39, 0.29) is 23.9 Å². The first-order valence-corrected chi connectivity index (χ1v) is 8.15. The van der Waals surface area contributed by atoms with Crippen molar-refractivity contribution >= 4 is 9.84 Å². The van der Waals surface area contributed by atoms with Crippen LogP contribution >= 0.6 is 0 Å². The van der Waals surface area contributed by atoms with Crippen molar-refractivity contribution in [3.8, 4) is 0 Å². The van der Waals surface area contributed by atoms with Crippen molar-refractivity contribution in [2.75, 3.05) is 18.6 Å². The molecule has 6 heteroatoms. The summed E-state index contributed by atoms with van der Waals surface area (Å²) in [5, 5.41) is 0. The van der Waals surface area contributed by atoms with E-state index in [4.69, 9.17) is 0 Å². The van der Waals surface area contributed by atoms with Gasteiger partial charge in [0.05, 0.1) is 5.75 Å². The zero-order chi connectivity index (χ0) is 14.6. The third kappa shape index (κ3) is 4.87. The van der Waals surface area contributed by atoms with E-state index in [2.05, 4.69) is 0 Å². The maximum atomic E-state index is 13.6. The molecule has 0 fully saturated rings. The number of rotatable bonds is 6. The largest absolute Gasteiger partial charge is 0.296 e. The fourth-order valence-electron chi connectivity index (χ4n) is 2.01. The third-order valence-corrected chi connectivity index (χ3v) is 4.07. The standard InChI is InChI=1S/C13H19F2NO2S/c1-4-16(10(2)9-19(3,17)18)8-11-6-5-7-12(14)13(11)15/h5-7,10H,4,8-9H2,1-3H3. The molecule has 0 aliphatic carbocycles. The van der Waals surface area contributed by atoms with E-state index in [9.17, 15) is 17.2 Å². The Morgan fingerprint density at radius 2 is 1.95 bits per heavy atom. The second-order valence-corrected chi connectivity index (χ2v) is 6.90. The summed E-state index contributed by atoms with van der Waals surface area (Å²) in [6.45, 7) is 4.38. The van der Waals surface area contributed by atoms with Gasteiger partial charge in [-0.25, -0.2) is 17.2 Å². The number of hydrogen-bond donors (Lipinski definition) is 0. The van der Waals surface area contributed by atoms with Crippen molar-refractivity contribution in [3.63, 3.8) is 0 Å². The Balaban J connectivity index is 2.85. The molecule has 0 aliphatic rings. The lowest BCUT2D eigenvalue weighted by Crippen LogP contribution is -2.37. The van der Waals surface area contributed by atoms with Gasteiger partial charge in [0.25, 0.3) is 0 Å². The molecule has 0 amide bonds. The summed E-state index contributed by atoms with van der Waals surface area (Å²) >= 11 is 0. The molecule has 0 radical (unpaired) electrons. The zero-order valence-corrected chi connectivity index (χ0v) is 12.2. The Hall–Kier alpha value is -1.01. The Bertz CT molecular complexity index is 531. The number of hydrogen-bond acceptors (Lipinski definition) is 3. The normalized spacial score (nSPS) is 13.8. The van der Waals surface area contributed by atoms with E-state index in [0.29, 0.717) is 6.54 Å². The zero-order valence-electron chi connectivity index (χ0n) is 11.4. The van der Waals surface area contributed by atoms with Crippen LogP contribution in [0.5, 0.6) is 0 Å². The predicted molar refractivity (Wildman–Crippen MR) is 71.6 cm³/mol. The van der Waals surface area contributed by atoms with Crippen molar-refractivity contribution < 1.29 is 17.2 Å². The molecule has 0 saturated carbocycles. The first kappa shape index (κ1) is 16.0. The first-order valence-electron chi connectivity index (χ1n) is 6.09. The highest BCUT2D eigenvalue weighted by atomic mass is 32.2. The van der Waals surface area contributed by atoms with Gasteiger partial charge in [0.15, 0.2) is 11.6 Å². The highest BCUT2D eigenvalue weighted by molar-refractivity contribution is 7.90. The molecule has 0 bridgehead atoms. The molecular weight excluding hydrogens is 272 g/mol. The second kappa shape index (κ2) is 6.43. The predicted octanol–water partition coefficient (Wildman–Crippen LogP) is 2.22. The summed E-state index contributed by atoms with van der Waals surface area (Å²) < 4.78 is 49.2. The van der Waals surface area contributed by atoms with E-state index in [1.807, 2.05) is 6.92 Å². The molecular formula is C13H19F2NO2S. The van der Waals surface area contributed by atoms with Crippen LogP contribution in [0.4, 0.5) is 8.78 Å². The topological polar surface area (TPSA) is 37.4 Å². The summed E-state index contributed by atoms with van der Waals surface area (Å²) in [7, 11) is -3.10. The van der Waals surface area contributed by atoms with Crippen LogP contribution in [-0.2, 0) is 16.4 Å². The highest BCUT2D eigenvalue weighted by Gasteiger charge is 2.19. The van der Waals surface area contributed by atoms with Gasteiger partial charge in [-0.15, -0.1) is 0 Å². The number of nitrogens with zero attached hydrogens (tertiary/aromatic N) is 1. The van der Waals surface area contributed by atoms with Crippen LogP contribution in [0.15, 0.2) is 18.2 Å². The van der Waals surface area contributed by atoms with E-state index >= 15 is 0 Å². The van der Waals surface area contributed by atoms with E-state index in [1.54, 1.807) is 11.8 Å². The third-order valence-electron chi connectivity index (χ3n) is 2.98. The highest BCUT2D eigenvalue weighted by Crippen LogP contribution is 2.15. The van der Waals surface area contributed by atoms with Gasteiger partial charge in [-0.05, 0) is 19.5 Å². The summed E-state index contributed by atoms with van der Waals surface area (Å²) in [6.07, 6.45) is 1.17. The molecule has 0 N–H and O–H groups in total. The summed E-state index contributed by atoms with van der Waals surface area (Å²) in [6, 6.07) is 3.77. The summed E-state index contributed by atoms with van der Waals surface area (Å²) in [4.78, 5) is 1.80. The van der Waals surface area contributed by atoms with Crippen molar-refractivity contribution in [3.05, 3.63) is 35.4 Å². The average molecular weight is 291 g/mol. The lowest BCUT2D eigenvalue weighted by atomic mass is 10.1. The molecule has 1 atom stereocenters. The molecule has 0 aromatic heterocycles. The fourth-order valence-corrected chi connectivity index (χ4v) is 3.10. The second-order valence-electron chi connectivity index (χ2n) is 4.72. The molecule has 0 saturated heterocycles. The van der Waals surface area contributed by atoms with Crippen LogP contribution in [0, 0.1) is 11.6 Å². The number of benzene rings is 1. The molecule has 108 valence electrons. The minimum Gasteiger partial charge on any atom is -0.296 e. The van der Waals surface area contributed by atoms with Crippen molar-refractivity contribution in [2.24, 2.45) is 0 Å². The smallest absolute Gasteiger partial charge is 0.163 e. The van der Waals surface area contributed by atoms with Crippen LogP contribution in [0.25, 0.3) is 0 Å². The van der Waals surface area contributed by atoms with Crippen LogP contribution in [-0.4, -0.2) is 37.9 Å². The minimum absolute atomic E-state index is 0.00221. The van der Waals surface area contributed by atoms with Gasteiger partial charge in [-0.1, -0.05) is 19.1 Å². The molecule has 0 aliphatic heterocycles. The average Bonchev–Trinajstić information content (AvgIpc) is 2.28. The monoisotopic (exact) mass is 291 g/mol. The number of sulfone groups is 1. The van der Waals surface area contributed by atoms with Crippen LogP contribution in [0.3, 0.4) is 0 Å². The number of halogens is 2. The molecule has 1 aromatic rings. The Labute approximate surface area is 113 Å². The molecule has 3 nitrogen and oxygen atoms in total. The Morgan fingerprint density at radius 1 is 1.32 bits per heavy atom. The van der Waals surface area contributed by atoms with Crippen molar-refractivity contribution in [1.29, 1.82) is 0 Å².